The van der Waals surface area contributed by atoms with E-state index in [9.17, 15) is 9.59 Å². The Morgan fingerprint density at radius 1 is 1.42 bits per heavy atom. The van der Waals surface area contributed by atoms with E-state index >= 15 is 0 Å². The molecular weight excluding hydrogens is 312 g/mol. The highest BCUT2D eigenvalue weighted by molar-refractivity contribution is 9.10. The zero-order chi connectivity index (χ0) is 13.7. The lowest BCUT2D eigenvalue weighted by atomic mass is 10.2. The molecule has 0 aromatic heterocycles. The van der Waals surface area contributed by atoms with E-state index < -0.39 is 0 Å². The van der Waals surface area contributed by atoms with E-state index in [0.717, 1.165) is 10.9 Å². The highest BCUT2D eigenvalue weighted by Crippen LogP contribution is 2.15. The van der Waals surface area contributed by atoms with Gasteiger partial charge in [0.1, 0.15) is 0 Å². The second-order valence-electron chi connectivity index (χ2n) is 4.19. The molecule has 1 aromatic carbocycles. The van der Waals surface area contributed by atoms with Crippen molar-refractivity contribution in [2.45, 2.75) is 6.42 Å². The first-order valence-electron chi connectivity index (χ1n) is 6.13. The second-order valence-corrected chi connectivity index (χ2v) is 5.05. The molecule has 5 nitrogen and oxygen atoms in total. The van der Waals surface area contributed by atoms with Gasteiger partial charge in [0, 0.05) is 24.1 Å². The molecule has 1 heterocycles. The van der Waals surface area contributed by atoms with Crippen molar-refractivity contribution in [2.75, 3.05) is 26.2 Å². The summed E-state index contributed by atoms with van der Waals surface area (Å²) in [5, 5.41) is 2.79. The van der Waals surface area contributed by atoms with E-state index in [1.807, 2.05) is 18.2 Å². The Balaban J connectivity index is 1.81. The summed E-state index contributed by atoms with van der Waals surface area (Å²) in [6.45, 7) is 2.05. The van der Waals surface area contributed by atoms with Crippen molar-refractivity contribution in [3.8, 4) is 0 Å². The summed E-state index contributed by atoms with van der Waals surface area (Å²) in [6, 6.07) is 7.22. The van der Waals surface area contributed by atoms with Gasteiger partial charge in [-0.1, -0.05) is 12.1 Å². The molecule has 2 amide bonds. The van der Waals surface area contributed by atoms with E-state index in [1.165, 1.54) is 0 Å². The van der Waals surface area contributed by atoms with Crippen LogP contribution < -0.4 is 5.32 Å². The lowest BCUT2D eigenvalue weighted by molar-refractivity contribution is 0.0719. The number of carbonyl (C=O) groups excluding carboxylic acids is 2. The zero-order valence-corrected chi connectivity index (χ0v) is 12.0. The molecule has 1 aliphatic rings. The van der Waals surface area contributed by atoms with Crippen molar-refractivity contribution in [1.29, 1.82) is 0 Å². The predicted octanol–water partition coefficient (Wildman–Crippen LogP) is 2.02. The van der Waals surface area contributed by atoms with Crippen LogP contribution in [-0.2, 0) is 4.74 Å². The van der Waals surface area contributed by atoms with Crippen LogP contribution in [0.3, 0.4) is 0 Å². The van der Waals surface area contributed by atoms with Gasteiger partial charge in [-0.2, -0.15) is 0 Å². The van der Waals surface area contributed by atoms with Crippen molar-refractivity contribution in [1.82, 2.24) is 10.2 Å². The number of cyclic esters (lactones) is 1. The third-order valence-corrected chi connectivity index (χ3v) is 3.53. The summed E-state index contributed by atoms with van der Waals surface area (Å²) < 4.78 is 5.67. The van der Waals surface area contributed by atoms with Crippen LogP contribution in [-0.4, -0.2) is 43.1 Å². The Morgan fingerprint density at radius 2 is 2.21 bits per heavy atom. The molecule has 0 radical (unpaired) electrons. The molecule has 0 atom stereocenters. The summed E-state index contributed by atoms with van der Waals surface area (Å²) in [5.41, 5.74) is 0.587. The molecule has 1 saturated heterocycles. The van der Waals surface area contributed by atoms with Crippen molar-refractivity contribution >= 4 is 27.9 Å². The molecule has 0 unspecified atom stereocenters. The number of nitrogens with zero attached hydrogens (tertiary/aromatic N) is 1. The zero-order valence-electron chi connectivity index (χ0n) is 10.4. The van der Waals surface area contributed by atoms with Gasteiger partial charge in [0.15, 0.2) is 0 Å². The number of nitrogens with one attached hydrogen (secondary N) is 1. The standard InChI is InChI=1S/C13H15BrN2O3/c14-11-5-2-1-4-10(11)12(17)15-6-8-16-7-3-9-19-13(16)18/h1-2,4-5H,3,6-9H2,(H,15,17). The van der Waals surface area contributed by atoms with Gasteiger partial charge in [-0.15, -0.1) is 0 Å². The normalized spacial score (nSPS) is 15.0. The number of hydrogen-bond donors (Lipinski definition) is 1. The molecule has 6 heteroatoms. The van der Waals surface area contributed by atoms with E-state index in [2.05, 4.69) is 21.2 Å². The Labute approximate surface area is 120 Å². The lowest BCUT2D eigenvalue weighted by Gasteiger charge is -2.26. The Kier molecular flexibility index (Phi) is 4.79. The van der Waals surface area contributed by atoms with Gasteiger partial charge in [0.2, 0.25) is 0 Å². The third kappa shape index (κ3) is 3.70. The van der Waals surface area contributed by atoms with Crippen LogP contribution in [0.5, 0.6) is 0 Å². The molecule has 102 valence electrons. The minimum absolute atomic E-state index is 0.155. The van der Waals surface area contributed by atoms with Gasteiger partial charge in [-0.25, -0.2) is 4.79 Å². The fourth-order valence-electron chi connectivity index (χ4n) is 1.85. The number of hydrogen-bond acceptors (Lipinski definition) is 3. The first-order valence-corrected chi connectivity index (χ1v) is 6.92. The summed E-state index contributed by atoms with van der Waals surface area (Å²) in [5.74, 6) is -0.155. The van der Waals surface area contributed by atoms with Gasteiger partial charge in [-0.05, 0) is 34.5 Å². The van der Waals surface area contributed by atoms with Crippen molar-refractivity contribution < 1.29 is 14.3 Å². The second kappa shape index (κ2) is 6.56. The van der Waals surface area contributed by atoms with Crippen LogP contribution in [0.25, 0.3) is 0 Å². The van der Waals surface area contributed by atoms with Crippen LogP contribution in [0.15, 0.2) is 28.7 Å². The van der Waals surface area contributed by atoms with Crippen molar-refractivity contribution in [3.05, 3.63) is 34.3 Å². The average molecular weight is 327 g/mol. The smallest absolute Gasteiger partial charge is 0.409 e. The fraction of sp³-hybridized carbons (Fsp3) is 0.385. The van der Waals surface area contributed by atoms with E-state index in [0.29, 0.717) is 31.8 Å². The van der Waals surface area contributed by atoms with Gasteiger partial charge >= 0.3 is 6.09 Å². The quantitative estimate of drug-likeness (QED) is 0.920. The SMILES string of the molecule is O=C(NCCN1CCCOC1=O)c1ccccc1Br. The number of benzene rings is 1. The molecule has 19 heavy (non-hydrogen) atoms. The minimum Gasteiger partial charge on any atom is -0.449 e. The highest BCUT2D eigenvalue weighted by Gasteiger charge is 2.19. The van der Waals surface area contributed by atoms with Crippen molar-refractivity contribution in [3.63, 3.8) is 0 Å². The topological polar surface area (TPSA) is 58.6 Å². The van der Waals surface area contributed by atoms with Gasteiger partial charge in [0.25, 0.3) is 5.91 Å². The van der Waals surface area contributed by atoms with E-state index in [1.54, 1.807) is 11.0 Å². The predicted molar refractivity (Wildman–Crippen MR) is 74.0 cm³/mol. The summed E-state index contributed by atoms with van der Waals surface area (Å²) in [4.78, 5) is 24.9. The number of amides is 2. The molecule has 1 aliphatic heterocycles. The fourth-order valence-corrected chi connectivity index (χ4v) is 2.31. The molecule has 1 N–H and O–H groups in total. The van der Waals surface area contributed by atoms with E-state index in [-0.39, 0.29) is 12.0 Å². The number of halogens is 1. The highest BCUT2D eigenvalue weighted by atomic mass is 79.9. The Morgan fingerprint density at radius 3 is 2.95 bits per heavy atom. The molecule has 1 aromatic rings. The summed E-state index contributed by atoms with van der Waals surface area (Å²) in [7, 11) is 0. The maximum atomic E-state index is 11.9. The molecule has 0 saturated carbocycles. The van der Waals surface area contributed by atoms with Crippen LogP contribution in [0.2, 0.25) is 0 Å². The first-order chi connectivity index (χ1) is 9.18. The monoisotopic (exact) mass is 326 g/mol. The lowest BCUT2D eigenvalue weighted by Crippen LogP contribution is -2.42. The Hall–Kier alpha value is -1.56. The van der Waals surface area contributed by atoms with Crippen LogP contribution >= 0.6 is 15.9 Å². The van der Waals surface area contributed by atoms with Gasteiger partial charge < -0.3 is 15.0 Å². The van der Waals surface area contributed by atoms with Crippen molar-refractivity contribution in [2.24, 2.45) is 0 Å². The first kappa shape index (κ1) is 13.9. The average Bonchev–Trinajstić information content (AvgIpc) is 2.41. The Bertz CT molecular complexity index is 479. The summed E-state index contributed by atoms with van der Waals surface area (Å²) >= 11 is 3.33. The van der Waals surface area contributed by atoms with Gasteiger partial charge in [0.05, 0.1) is 12.2 Å². The maximum absolute atomic E-state index is 11.9. The molecule has 2 rings (SSSR count). The number of carbonyl (C=O) groups is 2. The summed E-state index contributed by atoms with van der Waals surface area (Å²) in [6.07, 6.45) is 0.533. The number of ether oxygens (including phenoxy) is 1. The number of rotatable bonds is 4. The molecule has 0 bridgehead atoms. The molecule has 0 spiro atoms. The van der Waals surface area contributed by atoms with Crippen LogP contribution in [0.4, 0.5) is 4.79 Å². The van der Waals surface area contributed by atoms with Crippen LogP contribution in [0.1, 0.15) is 16.8 Å². The minimum atomic E-state index is -0.304. The van der Waals surface area contributed by atoms with E-state index in [4.69, 9.17) is 4.74 Å². The van der Waals surface area contributed by atoms with Gasteiger partial charge in [-0.3, -0.25) is 4.79 Å². The van der Waals surface area contributed by atoms with Crippen LogP contribution in [0, 0.1) is 0 Å². The molecular formula is C13H15BrN2O3. The third-order valence-electron chi connectivity index (χ3n) is 2.84. The maximum Gasteiger partial charge on any atom is 0.409 e. The molecule has 0 aliphatic carbocycles. The molecule has 1 fully saturated rings. The largest absolute Gasteiger partial charge is 0.449 e.